The van der Waals surface area contributed by atoms with Crippen molar-refractivity contribution in [3.8, 4) is 11.1 Å². The molecule has 0 unspecified atom stereocenters. The summed E-state index contributed by atoms with van der Waals surface area (Å²) >= 11 is 0. The zero-order chi connectivity index (χ0) is 83.8. The summed E-state index contributed by atoms with van der Waals surface area (Å²) in [5.74, 6) is 0. The third-order valence-electron chi connectivity index (χ3n) is 24.8. The minimum atomic E-state index is -0.694. The number of hydrogen-bond donors (Lipinski definition) is 0. The molecule has 0 saturated heterocycles. The van der Waals surface area contributed by atoms with E-state index in [2.05, 4.69) is 447 Å². The van der Waals surface area contributed by atoms with Crippen molar-refractivity contribution in [1.82, 2.24) is 0 Å². The number of fused-ring (bicyclic) bond motifs is 3. The molecular weight excluding hydrogens is 1390 g/mol. The van der Waals surface area contributed by atoms with E-state index in [0.717, 1.165) is 34.1 Å². The normalized spacial score (nSPS) is 13.1. The van der Waals surface area contributed by atoms with Crippen molar-refractivity contribution >= 4 is 68.2 Å². The SMILES string of the molecule is Cc1ccc2c(c1)-c1cc(C)ccc1C2(c1ccc(N(c2ccc(N(c3c(C)cc(C(C)(C)C)cc3C)c3c(C)cc(C(C)(C)C)cc3C)cc2)c2c(C)cc(C(C)(C)C)cc2C)cc1)c1ccc(N(c2ccc(N(c3c(C)cc(C(C)(C)C)cc3C)c3c(C)cc(C(C)(C)C)cc3C)cc2)c2c(C)cc(C(C)(C)C)cc2C)cc1. The Morgan fingerprint density at radius 3 is 0.513 bits per heavy atom. The van der Waals surface area contributed by atoms with Crippen molar-refractivity contribution < 1.29 is 0 Å². The second-order valence-electron chi connectivity index (χ2n) is 40.6. The second kappa shape index (κ2) is 29.8. The van der Waals surface area contributed by atoms with Crippen LogP contribution in [0.3, 0.4) is 0 Å². The van der Waals surface area contributed by atoms with Gasteiger partial charge in [-0.15, -0.1) is 0 Å². The molecule has 0 saturated carbocycles. The van der Waals surface area contributed by atoms with Crippen molar-refractivity contribution in [1.29, 1.82) is 0 Å². The lowest BCUT2D eigenvalue weighted by molar-refractivity contribution is 0.588. The number of anilines is 12. The first kappa shape index (κ1) is 82.8. The van der Waals surface area contributed by atoms with Crippen LogP contribution in [0.1, 0.15) is 258 Å². The molecule has 0 heterocycles. The molecule has 1 aliphatic rings. The van der Waals surface area contributed by atoms with Crippen molar-refractivity contribution in [2.24, 2.45) is 0 Å². The lowest BCUT2D eigenvalue weighted by atomic mass is 9.67. The Labute approximate surface area is 693 Å². The van der Waals surface area contributed by atoms with Crippen LogP contribution in [0.5, 0.6) is 0 Å². The predicted molar refractivity (Wildman–Crippen MR) is 501 cm³/mol. The van der Waals surface area contributed by atoms with E-state index in [-0.39, 0.29) is 32.5 Å². The molecule has 0 N–H and O–H groups in total. The van der Waals surface area contributed by atoms with E-state index in [4.69, 9.17) is 0 Å². The highest BCUT2D eigenvalue weighted by atomic mass is 15.2. The Kier molecular flexibility index (Phi) is 21.5. The minimum Gasteiger partial charge on any atom is -0.310 e. The second-order valence-corrected chi connectivity index (χ2v) is 40.6. The van der Waals surface area contributed by atoms with Gasteiger partial charge < -0.3 is 19.6 Å². The van der Waals surface area contributed by atoms with E-state index in [1.165, 1.54) is 179 Å². The Balaban J connectivity index is 0.986. The molecule has 0 aromatic heterocycles. The van der Waals surface area contributed by atoms with Crippen LogP contribution in [0.4, 0.5) is 68.2 Å². The number of rotatable bonds is 14. The van der Waals surface area contributed by atoms with E-state index in [9.17, 15) is 0 Å². The van der Waals surface area contributed by atoms with Gasteiger partial charge in [0.05, 0.1) is 39.5 Å². The highest BCUT2D eigenvalue weighted by molar-refractivity contribution is 5.92. The van der Waals surface area contributed by atoms with E-state index in [1.54, 1.807) is 0 Å². The zero-order valence-corrected chi connectivity index (χ0v) is 75.9. The Morgan fingerprint density at radius 2 is 0.339 bits per heavy atom. The number of nitrogens with zero attached hydrogens (tertiary/aromatic N) is 4. The fourth-order valence-electron chi connectivity index (χ4n) is 18.6. The molecule has 1 aliphatic carbocycles. The summed E-state index contributed by atoms with van der Waals surface area (Å²) in [5, 5.41) is 0. The third kappa shape index (κ3) is 15.5. The summed E-state index contributed by atoms with van der Waals surface area (Å²) in [4.78, 5) is 10.2. The van der Waals surface area contributed by atoms with E-state index < -0.39 is 5.41 Å². The Bertz CT molecular complexity index is 5100. The van der Waals surface area contributed by atoms with Crippen molar-refractivity contribution in [2.45, 2.75) is 259 Å². The van der Waals surface area contributed by atoms with Crippen LogP contribution in [0.25, 0.3) is 11.1 Å². The summed E-state index contributed by atoms with van der Waals surface area (Å²) in [6, 6.07) is 81.7. The molecule has 12 aromatic carbocycles. The highest BCUT2D eigenvalue weighted by Crippen LogP contribution is 2.59. The van der Waals surface area contributed by atoms with Gasteiger partial charge in [-0.05, 0) is 336 Å². The lowest BCUT2D eigenvalue weighted by Gasteiger charge is -2.36. The van der Waals surface area contributed by atoms with Gasteiger partial charge in [-0.1, -0.05) is 269 Å². The van der Waals surface area contributed by atoms with E-state index in [0.29, 0.717) is 0 Å². The fraction of sp³-hybridized carbons (Fsp3) is 0.351. The van der Waals surface area contributed by atoms with Gasteiger partial charge in [0.1, 0.15) is 0 Å². The van der Waals surface area contributed by atoms with Crippen LogP contribution in [0, 0.1) is 96.9 Å². The average Bonchev–Trinajstić information content (AvgIpc) is 1.54. The fourth-order valence-corrected chi connectivity index (χ4v) is 18.6. The number of benzene rings is 12. The van der Waals surface area contributed by atoms with Gasteiger partial charge in [0.25, 0.3) is 0 Å². The van der Waals surface area contributed by atoms with Crippen molar-refractivity contribution in [2.75, 3.05) is 19.6 Å². The van der Waals surface area contributed by atoms with Gasteiger partial charge in [-0.2, -0.15) is 0 Å². The Morgan fingerprint density at radius 1 is 0.183 bits per heavy atom. The maximum Gasteiger partial charge on any atom is 0.0713 e. The molecule has 0 aliphatic heterocycles. The van der Waals surface area contributed by atoms with E-state index >= 15 is 0 Å². The molecule has 594 valence electrons. The molecule has 0 radical (unpaired) electrons. The van der Waals surface area contributed by atoms with Crippen LogP contribution in [-0.2, 0) is 37.9 Å². The molecule has 4 heteroatoms. The molecule has 0 spiro atoms. The molecule has 0 bridgehead atoms. The molecule has 0 amide bonds. The van der Waals surface area contributed by atoms with Crippen LogP contribution >= 0.6 is 0 Å². The van der Waals surface area contributed by atoms with Gasteiger partial charge in [-0.25, -0.2) is 0 Å². The predicted octanol–water partition coefficient (Wildman–Crippen LogP) is 32.0. The summed E-state index contributed by atoms with van der Waals surface area (Å²) in [7, 11) is 0. The molecule has 12 aromatic rings. The molecule has 115 heavy (non-hydrogen) atoms. The van der Waals surface area contributed by atoms with Crippen LogP contribution in [0.2, 0.25) is 0 Å². The standard InChI is InChI=1S/C111H130N4/c1-67-33-51-97-95(53-67)96-54-68(2)34-52-98(96)111(97,81-35-39-89(40-36-81)112(99-69(3)55-83(56-70(99)4)105(15,16)17)91-43-47-93(48-44-91)114(101-73(7)59-85(60-74(101)8)107(21,22)23)102-75(9)61-86(62-76(102)10)108(24,25)26)82-37-41-90(42-38-82)113(100-71(5)57-84(58-72(100)6)106(18,19)20)92-45-49-94(50-46-92)115(103-77(11)63-87(64-78(103)12)109(27,28)29)104-79(13)65-88(66-80(104)14)110(30,31)32/h33-66H,1-32H3. The molecular formula is C111H130N4. The van der Waals surface area contributed by atoms with Crippen molar-refractivity contribution in [3.63, 3.8) is 0 Å². The summed E-state index contributed by atoms with van der Waals surface area (Å²) < 4.78 is 0. The summed E-state index contributed by atoms with van der Waals surface area (Å²) in [6.45, 7) is 73.9. The van der Waals surface area contributed by atoms with Gasteiger partial charge >= 0.3 is 0 Å². The first-order valence-corrected chi connectivity index (χ1v) is 42.1. The van der Waals surface area contributed by atoms with Crippen LogP contribution in [0.15, 0.2) is 206 Å². The topological polar surface area (TPSA) is 13.0 Å². The first-order chi connectivity index (χ1) is 53.6. The molecule has 13 rings (SSSR count). The van der Waals surface area contributed by atoms with Crippen LogP contribution in [-0.4, -0.2) is 0 Å². The third-order valence-corrected chi connectivity index (χ3v) is 24.8. The largest absolute Gasteiger partial charge is 0.310 e. The zero-order valence-electron chi connectivity index (χ0n) is 75.9. The monoisotopic (exact) mass is 1520 g/mol. The maximum absolute atomic E-state index is 2.55. The minimum absolute atomic E-state index is 0.00182. The quantitative estimate of drug-likeness (QED) is 0.108. The maximum atomic E-state index is 2.55. The van der Waals surface area contributed by atoms with Gasteiger partial charge in [0.15, 0.2) is 0 Å². The van der Waals surface area contributed by atoms with Gasteiger partial charge in [0, 0.05) is 34.1 Å². The van der Waals surface area contributed by atoms with Crippen molar-refractivity contribution in [3.05, 3.63) is 340 Å². The Hall–Kier alpha value is -10.2. The van der Waals surface area contributed by atoms with Gasteiger partial charge in [-0.3, -0.25) is 0 Å². The highest BCUT2D eigenvalue weighted by Gasteiger charge is 2.47. The first-order valence-electron chi connectivity index (χ1n) is 42.1. The van der Waals surface area contributed by atoms with E-state index in [1.807, 2.05) is 0 Å². The van der Waals surface area contributed by atoms with Gasteiger partial charge in [0.2, 0.25) is 0 Å². The number of hydrogen-bond acceptors (Lipinski definition) is 4. The summed E-state index contributed by atoms with van der Waals surface area (Å²) in [5.41, 5.74) is 46.2. The lowest BCUT2D eigenvalue weighted by Crippen LogP contribution is -2.29. The molecule has 4 nitrogen and oxygen atoms in total. The number of aryl methyl sites for hydroxylation is 14. The molecule has 0 fully saturated rings. The molecule has 0 atom stereocenters. The van der Waals surface area contributed by atoms with Crippen LogP contribution < -0.4 is 19.6 Å². The average molecular weight is 1520 g/mol. The summed E-state index contributed by atoms with van der Waals surface area (Å²) in [6.07, 6.45) is 0. The smallest absolute Gasteiger partial charge is 0.0713 e.